The largest absolute Gasteiger partial charge is 0.481 e. The van der Waals surface area contributed by atoms with Crippen LogP contribution >= 0.6 is 0 Å². The van der Waals surface area contributed by atoms with Crippen molar-refractivity contribution in [3.05, 3.63) is 12.2 Å². The summed E-state index contributed by atoms with van der Waals surface area (Å²) in [5.74, 6) is -0.668. The number of rotatable bonds is 4. The van der Waals surface area contributed by atoms with Crippen LogP contribution in [-0.2, 0) is 4.79 Å². The Hall–Kier alpha value is -0.830. The first-order chi connectivity index (χ1) is 6.07. The van der Waals surface area contributed by atoms with Gasteiger partial charge in [-0.15, -0.1) is 6.58 Å². The molecule has 0 aromatic carbocycles. The van der Waals surface area contributed by atoms with Gasteiger partial charge in [0.15, 0.2) is 0 Å². The molecule has 1 heterocycles. The third-order valence-electron chi connectivity index (χ3n) is 2.73. The fourth-order valence-electron chi connectivity index (χ4n) is 1.70. The molecule has 13 heavy (non-hydrogen) atoms. The van der Waals surface area contributed by atoms with E-state index in [9.17, 15) is 4.79 Å². The van der Waals surface area contributed by atoms with Crippen molar-refractivity contribution in [2.45, 2.75) is 26.2 Å². The monoisotopic (exact) mass is 183 g/mol. The van der Waals surface area contributed by atoms with E-state index in [0.717, 1.165) is 25.0 Å². The average molecular weight is 183 g/mol. The van der Waals surface area contributed by atoms with E-state index in [1.807, 2.05) is 6.92 Å². The maximum atomic E-state index is 11.1. The molecule has 3 heteroatoms. The van der Waals surface area contributed by atoms with Gasteiger partial charge in [0.1, 0.15) is 0 Å². The molecular formula is C10H17NO2. The highest BCUT2D eigenvalue weighted by Crippen LogP contribution is 2.32. The van der Waals surface area contributed by atoms with E-state index >= 15 is 0 Å². The number of carboxylic acids is 1. The van der Waals surface area contributed by atoms with Crippen LogP contribution in [0.3, 0.4) is 0 Å². The Morgan fingerprint density at radius 2 is 2.38 bits per heavy atom. The zero-order valence-corrected chi connectivity index (χ0v) is 8.10. The maximum absolute atomic E-state index is 11.1. The van der Waals surface area contributed by atoms with Gasteiger partial charge in [-0.05, 0) is 32.7 Å². The average Bonchev–Trinajstić information content (AvgIpc) is 2.50. The van der Waals surface area contributed by atoms with Gasteiger partial charge in [-0.2, -0.15) is 0 Å². The van der Waals surface area contributed by atoms with E-state index in [-0.39, 0.29) is 0 Å². The summed E-state index contributed by atoms with van der Waals surface area (Å²) in [6.45, 7) is 7.16. The minimum Gasteiger partial charge on any atom is -0.481 e. The van der Waals surface area contributed by atoms with Crippen molar-refractivity contribution in [3.63, 3.8) is 0 Å². The molecule has 1 rings (SSSR count). The van der Waals surface area contributed by atoms with E-state index in [4.69, 9.17) is 5.11 Å². The van der Waals surface area contributed by atoms with Crippen LogP contribution in [0.4, 0.5) is 0 Å². The lowest BCUT2D eigenvalue weighted by atomic mass is 9.81. The predicted octanol–water partition coefficient (Wildman–Crippen LogP) is 1.41. The van der Waals surface area contributed by atoms with Gasteiger partial charge in [-0.25, -0.2) is 0 Å². The van der Waals surface area contributed by atoms with Gasteiger partial charge >= 0.3 is 5.97 Å². The lowest BCUT2D eigenvalue weighted by molar-refractivity contribution is -0.148. The summed E-state index contributed by atoms with van der Waals surface area (Å²) < 4.78 is 0. The number of carboxylic acid groups (broad SMARTS) is 1. The predicted molar refractivity (Wildman–Crippen MR) is 51.6 cm³/mol. The molecule has 0 aliphatic carbocycles. The van der Waals surface area contributed by atoms with E-state index in [0.29, 0.717) is 13.0 Å². The smallest absolute Gasteiger partial charge is 0.310 e. The molecule has 0 spiro atoms. The molecule has 1 aliphatic rings. The maximum Gasteiger partial charge on any atom is 0.310 e. The Labute approximate surface area is 78.8 Å². The zero-order valence-electron chi connectivity index (χ0n) is 8.10. The normalized spacial score (nSPS) is 27.5. The SMILES string of the molecule is C=C(C)CCC1(C(=O)O)CCNC1. The summed E-state index contributed by atoms with van der Waals surface area (Å²) in [5, 5.41) is 12.2. The molecule has 1 saturated heterocycles. The zero-order chi connectivity index (χ0) is 9.90. The summed E-state index contributed by atoms with van der Waals surface area (Å²) in [6.07, 6.45) is 2.27. The van der Waals surface area contributed by atoms with Crippen LogP contribution in [0.15, 0.2) is 12.2 Å². The molecule has 74 valence electrons. The topological polar surface area (TPSA) is 49.3 Å². The van der Waals surface area contributed by atoms with Gasteiger partial charge < -0.3 is 10.4 Å². The van der Waals surface area contributed by atoms with Crippen molar-refractivity contribution < 1.29 is 9.90 Å². The van der Waals surface area contributed by atoms with Crippen molar-refractivity contribution in [2.75, 3.05) is 13.1 Å². The summed E-state index contributed by atoms with van der Waals surface area (Å²) in [7, 11) is 0. The van der Waals surface area contributed by atoms with E-state index in [1.165, 1.54) is 0 Å². The van der Waals surface area contributed by atoms with E-state index < -0.39 is 11.4 Å². The van der Waals surface area contributed by atoms with Crippen LogP contribution in [0.1, 0.15) is 26.2 Å². The van der Waals surface area contributed by atoms with Gasteiger partial charge in [-0.1, -0.05) is 5.57 Å². The van der Waals surface area contributed by atoms with Crippen LogP contribution < -0.4 is 5.32 Å². The summed E-state index contributed by atoms with van der Waals surface area (Å²) in [6, 6.07) is 0. The second-order valence-electron chi connectivity index (χ2n) is 3.97. The van der Waals surface area contributed by atoms with Gasteiger partial charge in [0, 0.05) is 6.54 Å². The summed E-state index contributed by atoms with van der Waals surface area (Å²) in [4.78, 5) is 11.1. The van der Waals surface area contributed by atoms with Crippen LogP contribution in [0.5, 0.6) is 0 Å². The molecule has 1 fully saturated rings. The molecule has 2 N–H and O–H groups in total. The first kappa shape index (κ1) is 10.3. The van der Waals surface area contributed by atoms with E-state index in [1.54, 1.807) is 0 Å². The third-order valence-corrected chi connectivity index (χ3v) is 2.73. The van der Waals surface area contributed by atoms with Crippen molar-refractivity contribution in [2.24, 2.45) is 5.41 Å². The second-order valence-corrected chi connectivity index (χ2v) is 3.97. The number of nitrogens with one attached hydrogen (secondary N) is 1. The minimum atomic E-state index is -0.668. The molecule has 0 aromatic rings. The first-order valence-electron chi connectivity index (χ1n) is 4.65. The van der Waals surface area contributed by atoms with Crippen molar-refractivity contribution in [3.8, 4) is 0 Å². The second kappa shape index (κ2) is 3.92. The molecule has 0 saturated carbocycles. The molecule has 0 bridgehead atoms. The van der Waals surface area contributed by atoms with Crippen LogP contribution in [0.25, 0.3) is 0 Å². The lowest BCUT2D eigenvalue weighted by Crippen LogP contribution is -2.33. The van der Waals surface area contributed by atoms with Crippen LogP contribution in [0.2, 0.25) is 0 Å². The fraction of sp³-hybridized carbons (Fsp3) is 0.700. The Balaban J connectivity index is 2.57. The molecular weight excluding hydrogens is 166 g/mol. The number of hydrogen-bond acceptors (Lipinski definition) is 2. The molecule has 1 atom stereocenters. The Bertz CT molecular complexity index is 217. The first-order valence-corrected chi connectivity index (χ1v) is 4.65. The Morgan fingerprint density at radius 1 is 1.69 bits per heavy atom. The van der Waals surface area contributed by atoms with Gasteiger partial charge in [-0.3, -0.25) is 4.79 Å². The Morgan fingerprint density at radius 3 is 2.77 bits per heavy atom. The summed E-state index contributed by atoms with van der Waals surface area (Å²) in [5.41, 5.74) is 0.534. The highest BCUT2D eigenvalue weighted by atomic mass is 16.4. The highest BCUT2D eigenvalue weighted by molar-refractivity contribution is 5.75. The quantitative estimate of drug-likeness (QED) is 0.648. The molecule has 0 radical (unpaired) electrons. The molecule has 1 unspecified atom stereocenters. The third kappa shape index (κ3) is 2.31. The van der Waals surface area contributed by atoms with Gasteiger partial charge in [0.25, 0.3) is 0 Å². The minimum absolute atomic E-state index is 0.529. The van der Waals surface area contributed by atoms with Crippen molar-refractivity contribution in [1.82, 2.24) is 5.32 Å². The van der Waals surface area contributed by atoms with Crippen molar-refractivity contribution >= 4 is 5.97 Å². The van der Waals surface area contributed by atoms with Crippen molar-refractivity contribution in [1.29, 1.82) is 0 Å². The number of hydrogen-bond donors (Lipinski definition) is 2. The number of allylic oxidation sites excluding steroid dienone is 1. The number of aliphatic carboxylic acids is 1. The molecule has 0 amide bonds. The standard InChI is InChI=1S/C10H17NO2/c1-8(2)3-4-10(9(12)13)5-6-11-7-10/h11H,1,3-7H2,2H3,(H,12,13). The number of carbonyl (C=O) groups is 1. The lowest BCUT2D eigenvalue weighted by Gasteiger charge is -2.22. The van der Waals surface area contributed by atoms with Gasteiger partial charge in [0.05, 0.1) is 5.41 Å². The van der Waals surface area contributed by atoms with Gasteiger partial charge in [0.2, 0.25) is 0 Å². The molecule has 1 aliphatic heterocycles. The summed E-state index contributed by atoms with van der Waals surface area (Å²) >= 11 is 0. The fourth-order valence-corrected chi connectivity index (χ4v) is 1.70. The molecule has 3 nitrogen and oxygen atoms in total. The van der Waals surface area contributed by atoms with Crippen LogP contribution in [-0.4, -0.2) is 24.2 Å². The Kier molecular flexibility index (Phi) is 3.09. The van der Waals surface area contributed by atoms with Crippen LogP contribution in [0, 0.1) is 5.41 Å². The molecule has 0 aromatic heterocycles. The highest BCUT2D eigenvalue weighted by Gasteiger charge is 2.40. The van der Waals surface area contributed by atoms with E-state index in [2.05, 4.69) is 11.9 Å².